The number of aromatic amines is 1. The molecule has 0 amide bonds. The maximum absolute atomic E-state index is 6.35. The predicted molar refractivity (Wildman–Crippen MR) is 83.9 cm³/mol. The van der Waals surface area contributed by atoms with Gasteiger partial charge in [-0.1, -0.05) is 56.0 Å². The molecular weight excluding hydrogens is 270 g/mol. The number of halogens is 1. The molecule has 1 aromatic carbocycles. The molecule has 1 aliphatic carbocycles. The third-order valence-corrected chi connectivity index (χ3v) is 4.83. The number of hydrogen-bond acceptors (Lipinski definition) is 2. The van der Waals surface area contributed by atoms with Crippen LogP contribution in [-0.4, -0.2) is 10.2 Å². The first-order valence-corrected chi connectivity index (χ1v) is 7.59. The van der Waals surface area contributed by atoms with Gasteiger partial charge in [0.15, 0.2) is 5.82 Å². The zero-order valence-corrected chi connectivity index (χ0v) is 12.5. The van der Waals surface area contributed by atoms with Crippen molar-refractivity contribution in [3.63, 3.8) is 0 Å². The largest absolute Gasteiger partial charge is 0.382 e. The van der Waals surface area contributed by atoms with E-state index < -0.39 is 0 Å². The zero-order valence-electron chi connectivity index (χ0n) is 11.7. The Labute approximate surface area is 124 Å². The molecule has 1 aromatic heterocycles. The molecule has 106 valence electrons. The van der Waals surface area contributed by atoms with Gasteiger partial charge in [0.25, 0.3) is 0 Å². The topological polar surface area (TPSA) is 54.7 Å². The molecule has 0 saturated heterocycles. The van der Waals surface area contributed by atoms with Crippen LogP contribution >= 0.6 is 11.6 Å². The van der Waals surface area contributed by atoms with E-state index in [0.717, 1.165) is 21.8 Å². The maximum atomic E-state index is 6.35. The molecule has 1 saturated carbocycles. The fourth-order valence-electron chi connectivity index (χ4n) is 3.31. The van der Waals surface area contributed by atoms with E-state index in [2.05, 4.69) is 17.1 Å². The summed E-state index contributed by atoms with van der Waals surface area (Å²) < 4.78 is 0. The lowest BCUT2D eigenvalue weighted by atomic mass is 9.72. The normalized spacial score (nSPS) is 18.1. The minimum absolute atomic E-state index is 0.122. The van der Waals surface area contributed by atoms with Gasteiger partial charge in [0.05, 0.1) is 5.69 Å². The van der Waals surface area contributed by atoms with Crippen molar-refractivity contribution in [3.05, 3.63) is 35.0 Å². The first-order valence-electron chi connectivity index (χ1n) is 7.21. The second kappa shape index (κ2) is 5.13. The number of aromatic nitrogens is 2. The van der Waals surface area contributed by atoms with Crippen molar-refractivity contribution in [3.8, 4) is 11.1 Å². The third kappa shape index (κ3) is 2.20. The van der Waals surface area contributed by atoms with Gasteiger partial charge in [0, 0.05) is 21.6 Å². The van der Waals surface area contributed by atoms with Gasteiger partial charge in [0.2, 0.25) is 0 Å². The summed E-state index contributed by atoms with van der Waals surface area (Å²) in [7, 11) is 0. The Morgan fingerprint density at radius 3 is 2.60 bits per heavy atom. The zero-order chi connectivity index (χ0) is 14.2. The summed E-state index contributed by atoms with van der Waals surface area (Å²) in [6.07, 6.45) is 6.19. The number of H-pyrrole nitrogens is 1. The highest BCUT2D eigenvalue weighted by Crippen LogP contribution is 2.45. The van der Waals surface area contributed by atoms with Crippen LogP contribution in [0.2, 0.25) is 5.02 Å². The fourth-order valence-corrected chi connectivity index (χ4v) is 3.54. The van der Waals surface area contributed by atoms with Crippen molar-refractivity contribution in [1.29, 1.82) is 0 Å². The number of nitrogen functional groups attached to an aromatic ring is 1. The second-order valence-corrected chi connectivity index (χ2v) is 6.37. The Bertz CT molecular complexity index is 612. The number of anilines is 1. The summed E-state index contributed by atoms with van der Waals surface area (Å²) in [4.78, 5) is 0. The number of hydrogen-bond donors (Lipinski definition) is 2. The second-order valence-electron chi connectivity index (χ2n) is 5.96. The highest BCUT2D eigenvalue weighted by atomic mass is 35.5. The van der Waals surface area contributed by atoms with Crippen LogP contribution in [-0.2, 0) is 5.41 Å². The molecule has 1 fully saturated rings. The molecule has 20 heavy (non-hydrogen) atoms. The van der Waals surface area contributed by atoms with E-state index in [1.54, 1.807) is 0 Å². The van der Waals surface area contributed by atoms with Crippen LogP contribution < -0.4 is 5.73 Å². The van der Waals surface area contributed by atoms with Crippen LogP contribution in [0.25, 0.3) is 11.1 Å². The van der Waals surface area contributed by atoms with E-state index in [-0.39, 0.29) is 5.41 Å². The molecule has 0 aliphatic heterocycles. The molecule has 0 unspecified atom stereocenters. The molecule has 1 aliphatic rings. The molecule has 0 radical (unpaired) electrons. The van der Waals surface area contributed by atoms with E-state index in [1.165, 1.54) is 32.1 Å². The predicted octanol–water partition coefficient (Wildman–Crippen LogP) is 4.53. The molecule has 2 aromatic rings. The lowest BCUT2D eigenvalue weighted by Gasteiger charge is -2.33. The van der Waals surface area contributed by atoms with Crippen LogP contribution in [0.15, 0.2) is 24.3 Å². The first kappa shape index (κ1) is 13.5. The van der Waals surface area contributed by atoms with E-state index in [1.807, 2.05) is 24.3 Å². The molecule has 3 N–H and O–H groups in total. The number of rotatable bonds is 2. The van der Waals surface area contributed by atoms with Crippen molar-refractivity contribution >= 4 is 17.4 Å². The van der Waals surface area contributed by atoms with Crippen LogP contribution in [0.5, 0.6) is 0 Å². The lowest BCUT2D eigenvalue weighted by molar-refractivity contribution is 0.312. The van der Waals surface area contributed by atoms with Crippen molar-refractivity contribution in [2.75, 3.05) is 5.73 Å². The molecule has 3 nitrogen and oxygen atoms in total. The summed E-state index contributed by atoms with van der Waals surface area (Å²) in [6, 6.07) is 7.83. The standard InChI is InChI=1S/C16H20ClN3/c1-16(9-5-2-6-10-16)14-13(15(18)20-19-14)11-7-3-4-8-12(11)17/h3-4,7-8H,2,5-6,9-10H2,1H3,(H3,18,19,20). The molecule has 0 spiro atoms. The first-order chi connectivity index (χ1) is 9.62. The minimum atomic E-state index is 0.122. The number of nitrogens with zero attached hydrogens (tertiary/aromatic N) is 1. The highest BCUT2D eigenvalue weighted by molar-refractivity contribution is 6.33. The van der Waals surface area contributed by atoms with Gasteiger partial charge >= 0.3 is 0 Å². The average Bonchev–Trinajstić information content (AvgIpc) is 2.83. The monoisotopic (exact) mass is 289 g/mol. The minimum Gasteiger partial charge on any atom is -0.382 e. The van der Waals surface area contributed by atoms with E-state index >= 15 is 0 Å². The van der Waals surface area contributed by atoms with Crippen LogP contribution in [0.4, 0.5) is 5.82 Å². The number of benzene rings is 1. The summed E-state index contributed by atoms with van der Waals surface area (Å²) in [5, 5.41) is 8.15. The Morgan fingerprint density at radius 1 is 1.20 bits per heavy atom. The quantitative estimate of drug-likeness (QED) is 0.853. The Hall–Kier alpha value is -1.48. The van der Waals surface area contributed by atoms with Gasteiger partial charge in [-0.15, -0.1) is 0 Å². The van der Waals surface area contributed by atoms with Crippen molar-refractivity contribution in [2.24, 2.45) is 0 Å². The van der Waals surface area contributed by atoms with Crippen LogP contribution in [0.3, 0.4) is 0 Å². The Kier molecular flexibility index (Phi) is 3.47. The SMILES string of the molecule is CC1(c2[nH]nc(N)c2-c2ccccc2Cl)CCCCC1. The molecule has 0 bridgehead atoms. The van der Waals surface area contributed by atoms with Crippen molar-refractivity contribution in [1.82, 2.24) is 10.2 Å². The number of nitrogens with two attached hydrogens (primary N) is 1. The fraction of sp³-hybridized carbons (Fsp3) is 0.438. The number of nitrogens with one attached hydrogen (secondary N) is 1. The molecule has 0 atom stereocenters. The molecule has 4 heteroatoms. The molecular formula is C16H20ClN3. The van der Waals surface area contributed by atoms with Crippen LogP contribution in [0, 0.1) is 0 Å². The smallest absolute Gasteiger partial charge is 0.153 e. The van der Waals surface area contributed by atoms with Gasteiger partial charge < -0.3 is 5.73 Å². The summed E-state index contributed by atoms with van der Waals surface area (Å²) in [5.74, 6) is 0.542. The summed E-state index contributed by atoms with van der Waals surface area (Å²) in [5.41, 5.74) is 9.33. The molecule has 3 rings (SSSR count). The maximum Gasteiger partial charge on any atom is 0.153 e. The van der Waals surface area contributed by atoms with Gasteiger partial charge in [-0.3, -0.25) is 5.10 Å². The van der Waals surface area contributed by atoms with E-state index in [0.29, 0.717) is 5.82 Å². The van der Waals surface area contributed by atoms with Gasteiger partial charge in [-0.05, 0) is 18.9 Å². The van der Waals surface area contributed by atoms with Crippen LogP contribution in [0.1, 0.15) is 44.7 Å². The third-order valence-electron chi connectivity index (χ3n) is 4.50. The average molecular weight is 290 g/mol. The van der Waals surface area contributed by atoms with E-state index in [4.69, 9.17) is 17.3 Å². The Morgan fingerprint density at radius 2 is 1.90 bits per heavy atom. The Balaban J connectivity index is 2.13. The van der Waals surface area contributed by atoms with Crippen molar-refractivity contribution in [2.45, 2.75) is 44.4 Å². The van der Waals surface area contributed by atoms with Gasteiger partial charge in [0.1, 0.15) is 0 Å². The molecule has 1 heterocycles. The summed E-state index contributed by atoms with van der Waals surface area (Å²) in [6.45, 7) is 2.31. The summed E-state index contributed by atoms with van der Waals surface area (Å²) >= 11 is 6.35. The van der Waals surface area contributed by atoms with Gasteiger partial charge in [-0.2, -0.15) is 5.10 Å². The van der Waals surface area contributed by atoms with E-state index in [9.17, 15) is 0 Å². The highest BCUT2D eigenvalue weighted by Gasteiger charge is 2.34. The van der Waals surface area contributed by atoms with Crippen molar-refractivity contribution < 1.29 is 0 Å². The van der Waals surface area contributed by atoms with Gasteiger partial charge in [-0.25, -0.2) is 0 Å². The lowest BCUT2D eigenvalue weighted by Crippen LogP contribution is -2.26.